The summed E-state index contributed by atoms with van der Waals surface area (Å²) in [6, 6.07) is 0. The highest BCUT2D eigenvalue weighted by Crippen LogP contribution is 2.03. The summed E-state index contributed by atoms with van der Waals surface area (Å²) in [5, 5.41) is 0. The topological polar surface area (TPSA) is 17.8 Å². The van der Waals surface area contributed by atoms with Crippen molar-refractivity contribution in [2.24, 2.45) is 5.92 Å². The molecular weight excluding hydrogens is 136 g/mol. The molecule has 1 radical (unpaired) electrons. The van der Waals surface area contributed by atoms with E-state index in [-0.39, 0.29) is 0 Å². The molecule has 0 aliphatic rings. The minimum Gasteiger partial charge on any atom is -0.334 e. The van der Waals surface area contributed by atoms with Crippen molar-refractivity contribution in [3.05, 3.63) is 18.2 Å². The maximum Gasteiger partial charge on any atom is 0.109 e. The zero-order valence-electron chi connectivity index (χ0n) is 7.46. The fourth-order valence-electron chi connectivity index (χ4n) is 0.973. The van der Waals surface area contributed by atoms with Gasteiger partial charge in [-0.1, -0.05) is 13.8 Å². The van der Waals surface area contributed by atoms with E-state index in [4.69, 9.17) is 0 Å². The summed E-state index contributed by atoms with van der Waals surface area (Å²) >= 11 is 0. The molecule has 61 valence electrons. The van der Waals surface area contributed by atoms with Crippen LogP contribution < -0.4 is 0 Å². The van der Waals surface area contributed by atoms with Gasteiger partial charge in [-0.25, -0.2) is 4.98 Å². The van der Waals surface area contributed by atoms with Crippen LogP contribution in [0.4, 0.5) is 0 Å². The van der Waals surface area contributed by atoms with E-state index in [0.29, 0.717) is 0 Å². The van der Waals surface area contributed by atoms with Gasteiger partial charge in [0.2, 0.25) is 0 Å². The maximum atomic E-state index is 4.03. The molecule has 1 aromatic rings. The Morgan fingerprint density at radius 1 is 1.64 bits per heavy atom. The Hall–Kier alpha value is -0.790. The molecule has 0 aliphatic carbocycles. The lowest BCUT2D eigenvalue weighted by Crippen LogP contribution is -2.01. The molecule has 0 saturated carbocycles. The molecule has 0 bridgehead atoms. The minimum atomic E-state index is 0.761. The standard InChI is InChI=1S/C9H15N2/c1-8(2)4-6-11-7-5-10-9(11)3/h7-8H,4,6H2,1-3H3. The van der Waals surface area contributed by atoms with E-state index >= 15 is 0 Å². The SMILES string of the molecule is Cc1n[c]cn1CCC(C)C. The fraction of sp³-hybridized carbons (Fsp3) is 0.667. The number of rotatable bonds is 3. The lowest BCUT2D eigenvalue weighted by molar-refractivity contribution is 0.510. The molecule has 0 spiro atoms. The van der Waals surface area contributed by atoms with Gasteiger partial charge in [-0.3, -0.25) is 0 Å². The molecule has 0 amide bonds. The second-order valence-corrected chi connectivity index (χ2v) is 3.29. The number of nitrogens with zero attached hydrogens (tertiary/aromatic N) is 2. The van der Waals surface area contributed by atoms with Gasteiger partial charge in [0.05, 0.1) is 0 Å². The van der Waals surface area contributed by atoms with Gasteiger partial charge in [0.25, 0.3) is 0 Å². The van der Waals surface area contributed by atoms with Crippen molar-refractivity contribution in [3.63, 3.8) is 0 Å². The molecule has 1 heterocycles. The zero-order valence-corrected chi connectivity index (χ0v) is 7.46. The molecule has 2 nitrogen and oxygen atoms in total. The van der Waals surface area contributed by atoms with Gasteiger partial charge in [0.1, 0.15) is 12.0 Å². The van der Waals surface area contributed by atoms with Gasteiger partial charge in [-0.15, -0.1) is 0 Å². The first kappa shape index (κ1) is 8.31. The molecule has 0 fully saturated rings. The summed E-state index contributed by atoms with van der Waals surface area (Å²) in [4.78, 5) is 4.03. The highest BCUT2D eigenvalue weighted by Gasteiger charge is 1.98. The Balaban J connectivity index is 2.44. The fourth-order valence-corrected chi connectivity index (χ4v) is 0.973. The number of aryl methyl sites for hydroxylation is 2. The second kappa shape index (κ2) is 3.56. The van der Waals surface area contributed by atoms with Crippen molar-refractivity contribution < 1.29 is 0 Å². The predicted octanol–water partition coefficient (Wildman–Crippen LogP) is 2.04. The third-order valence-corrected chi connectivity index (χ3v) is 1.80. The van der Waals surface area contributed by atoms with Gasteiger partial charge in [0, 0.05) is 12.7 Å². The first-order chi connectivity index (χ1) is 5.20. The Morgan fingerprint density at radius 2 is 2.36 bits per heavy atom. The third-order valence-electron chi connectivity index (χ3n) is 1.80. The van der Waals surface area contributed by atoms with E-state index in [0.717, 1.165) is 18.3 Å². The van der Waals surface area contributed by atoms with Crippen LogP contribution in [0, 0.1) is 19.0 Å². The van der Waals surface area contributed by atoms with E-state index < -0.39 is 0 Å². The quantitative estimate of drug-likeness (QED) is 0.646. The van der Waals surface area contributed by atoms with Crippen LogP contribution in [0.1, 0.15) is 26.1 Å². The molecular formula is C9H15N2. The number of imidazole rings is 1. The molecule has 0 atom stereocenters. The smallest absolute Gasteiger partial charge is 0.109 e. The first-order valence-corrected chi connectivity index (χ1v) is 4.10. The summed E-state index contributed by atoms with van der Waals surface area (Å²) in [5.41, 5.74) is 0. The second-order valence-electron chi connectivity index (χ2n) is 3.29. The molecule has 0 aliphatic heterocycles. The Labute approximate surface area is 68.3 Å². The van der Waals surface area contributed by atoms with Crippen LogP contribution in [0.2, 0.25) is 0 Å². The van der Waals surface area contributed by atoms with Crippen LogP contribution in [-0.2, 0) is 6.54 Å². The third kappa shape index (κ3) is 2.37. The highest BCUT2D eigenvalue weighted by molar-refractivity contribution is 4.86. The van der Waals surface area contributed by atoms with E-state index in [1.807, 2.05) is 13.1 Å². The summed E-state index contributed by atoms with van der Waals surface area (Å²) in [7, 11) is 0. The molecule has 0 unspecified atom stereocenters. The average Bonchev–Trinajstić information content (AvgIpc) is 2.31. The van der Waals surface area contributed by atoms with Gasteiger partial charge < -0.3 is 4.57 Å². The van der Waals surface area contributed by atoms with Crippen molar-refractivity contribution in [2.75, 3.05) is 0 Å². The largest absolute Gasteiger partial charge is 0.334 e. The van der Waals surface area contributed by atoms with Crippen LogP contribution in [0.3, 0.4) is 0 Å². The Bertz CT molecular complexity index is 213. The number of hydrogen-bond donors (Lipinski definition) is 0. The van der Waals surface area contributed by atoms with Gasteiger partial charge in [0.15, 0.2) is 0 Å². The first-order valence-electron chi connectivity index (χ1n) is 4.10. The zero-order chi connectivity index (χ0) is 8.27. The molecule has 1 aromatic heterocycles. The van der Waals surface area contributed by atoms with Crippen molar-refractivity contribution in [1.82, 2.24) is 9.55 Å². The Morgan fingerprint density at radius 3 is 2.82 bits per heavy atom. The molecule has 0 saturated heterocycles. The van der Waals surface area contributed by atoms with E-state index in [1.165, 1.54) is 6.42 Å². The van der Waals surface area contributed by atoms with Gasteiger partial charge in [-0.2, -0.15) is 0 Å². The lowest BCUT2D eigenvalue weighted by Gasteiger charge is -2.06. The normalized spacial score (nSPS) is 10.9. The van der Waals surface area contributed by atoms with Crippen molar-refractivity contribution in [2.45, 2.75) is 33.7 Å². The molecule has 0 N–H and O–H groups in total. The van der Waals surface area contributed by atoms with Crippen molar-refractivity contribution >= 4 is 0 Å². The van der Waals surface area contributed by atoms with Gasteiger partial charge >= 0.3 is 0 Å². The lowest BCUT2D eigenvalue weighted by atomic mass is 10.1. The van der Waals surface area contributed by atoms with E-state index in [2.05, 4.69) is 29.6 Å². The molecule has 0 aromatic carbocycles. The number of aromatic nitrogens is 2. The monoisotopic (exact) mass is 151 g/mol. The van der Waals surface area contributed by atoms with Crippen LogP contribution in [0.25, 0.3) is 0 Å². The summed E-state index contributed by atoms with van der Waals surface area (Å²) < 4.78 is 2.14. The summed E-state index contributed by atoms with van der Waals surface area (Å²) in [6.07, 6.45) is 5.96. The van der Waals surface area contributed by atoms with Crippen LogP contribution >= 0.6 is 0 Å². The minimum absolute atomic E-state index is 0.761. The van der Waals surface area contributed by atoms with Gasteiger partial charge in [-0.05, 0) is 19.3 Å². The summed E-state index contributed by atoms with van der Waals surface area (Å²) in [6.45, 7) is 7.54. The Kier molecular flexibility index (Phi) is 2.69. The summed E-state index contributed by atoms with van der Waals surface area (Å²) in [5.74, 6) is 1.82. The van der Waals surface area contributed by atoms with E-state index in [1.54, 1.807) is 0 Å². The molecule has 1 rings (SSSR count). The highest BCUT2D eigenvalue weighted by atomic mass is 15.0. The van der Waals surface area contributed by atoms with Crippen molar-refractivity contribution in [3.8, 4) is 0 Å². The predicted molar refractivity (Wildman–Crippen MR) is 45.3 cm³/mol. The van der Waals surface area contributed by atoms with E-state index in [9.17, 15) is 0 Å². The van der Waals surface area contributed by atoms with Crippen molar-refractivity contribution in [1.29, 1.82) is 0 Å². The molecule has 2 heteroatoms. The molecule has 11 heavy (non-hydrogen) atoms. The van der Waals surface area contributed by atoms with Crippen LogP contribution in [-0.4, -0.2) is 9.55 Å². The van der Waals surface area contributed by atoms with Crippen LogP contribution in [0.5, 0.6) is 0 Å². The number of hydrogen-bond acceptors (Lipinski definition) is 1. The maximum absolute atomic E-state index is 4.03. The average molecular weight is 151 g/mol. The van der Waals surface area contributed by atoms with Crippen LogP contribution in [0.15, 0.2) is 6.20 Å².